The molecule has 1 heterocycles. The Morgan fingerprint density at radius 2 is 1.95 bits per heavy atom. The smallest absolute Gasteiger partial charge is 0.326 e. The van der Waals surface area contributed by atoms with Crippen molar-refractivity contribution in [3.05, 3.63) is 34.9 Å². The van der Waals surface area contributed by atoms with E-state index in [0.717, 1.165) is 11.0 Å². The van der Waals surface area contributed by atoms with E-state index in [9.17, 15) is 23.5 Å². The topological polar surface area (TPSA) is 77.8 Å². The Bertz CT molecular complexity index is 576. The lowest BCUT2D eigenvalue weighted by Crippen LogP contribution is -2.41. The highest BCUT2D eigenvalue weighted by Gasteiger charge is 2.40. The minimum atomic E-state index is -1.27. The lowest BCUT2D eigenvalue weighted by Gasteiger charge is -2.21. The lowest BCUT2D eigenvalue weighted by molar-refractivity contribution is -0.141. The van der Waals surface area contributed by atoms with Crippen LogP contribution in [-0.2, 0) is 4.79 Å². The molecule has 1 aliphatic rings. The Morgan fingerprint density at radius 1 is 1.30 bits per heavy atom. The number of carboxylic acids is 1. The van der Waals surface area contributed by atoms with Crippen molar-refractivity contribution in [1.29, 1.82) is 0 Å². The maximum atomic E-state index is 13.7. The average molecular weight is 285 g/mol. The molecule has 1 aromatic rings. The summed E-state index contributed by atoms with van der Waals surface area (Å²) in [7, 11) is 0. The second-order valence-corrected chi connectivity index (χ2v) is 4.78. The molecule has 1 amide bonds. The van der Waals surface area contributed by atoms with Crippen molar-refractivity contribution in [3.63, 3.8) is 0 Å². The van der Waals surface area contributed by atoms with Gasteiger partial charge in [-0.15, -0.1) is 0 Å². The first kappa shape index (κ1) is 14.4. The zero-order valence-electron chi connectivity index (χ0n) is 10.6. The van der Waals surface area contributed by atoms with E-state index in [-0.39, 0.29) is 18.5 Å². The summed E-state index contributed by atoms with van der Waals surface area (Å²) in [5.74, 6) is -3.97. The van der Waals surface area contributed by atoms with Gasteiger partial charge in [-0.3, -0.25) is 4.79 Å². The molecule has 0 aliphatic carbocycles. The molecule has 2 atom stereocenters. The lowest BCUT2D eigenvalue weighted by atomic mass is 10.1. The van der Waals surface area contributed by atoms with Crippen LogP contribution in [0.1, 0.15) is 22.3 Å². The summed E-state index contributed by atoms with van der Waals surface area (Å²) in [5, 5.41) is 18.5. The van der Waals surface area contributed by atoms with Crippen LogP contribution in [0, 0.1) is 18.6 Å². The standard InChI is InChI=1S/C13H13F2NO4/c1-6-2-8(10(15)4-9(6)14)12(18)16-5-7(17)3-11(16)13(19)20/h2,4,7,11,17H,3,5H2,1H3,(H,19,20)/t7-,11-/m1/s1. The highest BCUT2D eigenvalue weighted by molar-refractivity contribution is 5.97. The zero-order valence-corrected chi connectivity index (χ0v) is 10.6. The van der Waals surface area contributed by atoms with Crippen molar-refractivity contribution in [2.75, 3.05) is 6.54 Å². The number of carbonyl (C=O) groups is 2. The third-order valence-electron chi connectivity index (χ3n) is 3.30. The van der Waals surface area contributed by atoms with Gasteiger partial charge in [0.25, 0.3) is 5.91 Å². The van der Waals surface area contributed by atoms with Gasteiger partial charge in [-0.05, 0) is 18.6 Å². The Kier molecular flexibility index (Phi) is 3.71. The van der Waals surface area contributed by atoms with Gasteiger partial charge in [0, 0.05) is 19.0 Å². The molecule has 20 heavy (non-hydrogen) atoms. The van der Waals surface area contributed by atoms with Gasteiger partial charge in [-0.1, -0.05) is 0 Å². The van der Waals surface area contributed by atoms with Gasteiger partial charge in [0.05, 0.1) is 11.7 Å². The largest absolute Gasteiger partial charge is 0.480 e. The van der Waals surface area contributed by atoms with Gasteiger partial charge in [0.2, 0.25) is 0 Å². The summed E-state index contributed by atoms with van der Waals surface area (Å²) in [6.45, 7) is 1.19. The fourth-order valence-corrected chi connectivity index (χ4v) is 2.25. The van der Waals surface area contributed by atoms with Gasteiger partial charge in [0.1, 0.15) is 17.7 Å². The van der Waals surface area contributed by atoms with E-state index >= 15 is 0 Å². The Morgan fingerprint density at radius 3 is 2.55 bits per heavy atom. The van der Waals surface area contributed by atoms with E-state index in [1.165, 1.54) is 6.92 Å². The highest BCUT2D eigenvalue weighted by Crippen LogP contribution is 2.23. The zero-order chi connectivity index (χ0) is 15.0. The van der Waals surface area contributed by atoms with Crippen LogP contribution in [0.3, 0.4) is 0 Å². The van der Waals surface area contributed by atoms with E-state index in [2.05, 4.69) is 0 Å². The summed E-state index contributed by atoms with van der Waals surface area (Å²) in [6, 6.07) is 0.420. The highest BCUT2D eigenvalue weighted by atomic mass is 19.1. The molecule has 0 unspecified atom stereocenters. The Labute approximate surface area is 113 Å². The van der Waals surface area contributed by atoms with Crippen molar-refractivity contribution < 1.29 is 28.6 Å². The molecule has 0 saturated carbocycles. The molecule has 5 nitrogen and oxygen atoms in total. The molecular formula is C13H13F2NO4. The minimum absolute atomic E-state index is 0.0846. The normalized spacial score (nSPS) is 22.1. The summed E-state index contributed by atoms with van der Waals surface area (Å²) in [4.78, 5) is 24.1. The number of amides is 1. The van der Waals surface area contributed by atoms with Crippen LogP contribution in [0.15, 0.2) is 12.1 Å². The number of likely N-dealkylation sites (tertiary alicyclic amines) is 1. The van der Waals surface area contributed by atoms with Crippen LogP contribution in [0.4, 0.5) is 8.78 Å². The quantitative estimate of drug-likeness (QED) is 0.847. The molecule has 0 bridgehead atoms. The van der Waals surface area contributed by atoms with Crippen molar-refractivity contribution in [2.45, 2.75) is 25.5 Å². The molecule has 0 radical (unpaired) electrons. The maximum absolute atomic E-state index is 13.7. The molecular weight excluding hydrogens is 272 g/mol. The number of aliphatic hydroxyl groups excluding tert-OH is 1. The first-order chi connectivity index (χ1) is 9.31. The van der Waals surface area contributed by atoms with Crippen LogP contribution in [0.5, 0.6) is 0 Å². The molecule has 2 rings (SSSR count). The SMILES string of the molecule is Cc1cc(C(=O)N2C[C@H](O)C[C@@H]2C(=O)O)c(F)cc1F. The van der Waals surface area contributed by atoms with Crippen molar-refractivity contribution in [2.24, 2.45) is 0 Å². The van der Waals surface area contributed by atoms with E-state index in [1.807, 2.05) is 0 Å². The van der Waals surface area contributed by atoms with E-state index in [4.69, 9.17) is 5.11 Å². The average Bonchev–Trinajstić information content (AvgIpc) is 2.75. The van der Waals surface area contributed by atoms with Crippen molar-refractivity contribution >= 4 is 11.9 Å². The first-order valence-electron chi connectivity index (χ1n) is 5.98. The van der Waals surface area contributed by atoms with Gasteiger partial charge in [0.15, 0.2) is 0 Å². The number of carboxylic acid groups (broad SMARTS) is 1. The monoisotopic (exact) mass is 285 g/mol. The van der Waals surface area contributed by atoms with E-state index in [0.29, 0.717) is 6.07 Å². The Balaban J connectivity index is 2.36. The summed E-state index contributed by atoms with van der Waals surface area (Å²) in [6.07, 6.45) is -1.08. The van der Waals surface area contributed by atoms with Crippen LogP contribution in [-0.4, -0.2) is 45.7 Å². The van der Waals surface area contributed by atoms with E-state index in [1.54, 1.807) is 0 Å². The molecule has 1 aliphatic heterocycles. The number of benzene rings is 1. The van der Waals surface area contributed by atoms with Gasteiger partial charge in [-0.2, -0.15) is 0 Å². The fourth-order valence-electron chi connectivity index (χ4n) is 2.25. The summed E-state index contributed by atoms with van der Waals surface area (Å²) < 4.78 is 26.8. The van der Waals surface area contributed by atoms with Crippen molar-refractivity contribution in [3.8, 4) is 0 Å². The molecule has 1 fully saturated rings. The number of carbonyl (C=O) groups excluding carboxylic acids is 1. The van der Waals surface area contributed by atoms with Crippen molar-refractivity contribution in [1.82, 2.24) is 4.90 Å². The number of rotatable bonds is 2. The Hall–Kier alpha value is -2.02. The predicted octanol–water partition coefficient (Wildman–Crippen LogP) is 0.933. The number of hydrogen-bond donors (Lipinski definition) is 2. The number of β-amino-alcohol motifs (C(OH)–C–C–N with tert-alkyl or cyclic N) is 1. The van der Waals surface area contributed by atoms with Gasteiger partial charge < -0.3 is 15.1 Å². The molecule has 7 heteroatoms. The second-order valence-electron chi connectivity index (χ2n) is 4.78. The van der Waals surface area contributed by atoms with Crippen LogP contribution < -0.4 is 0 Å². The fraction of sp³-hybridized carbons (Fsp3) is 0.385. The molecule has 2 N–H and O–H groups in total. The summed E-state index contributed by atoms with van der Waals surface area (Å²) >= 11 is 0. The summed E-state index contributed by atoms with van der Waals surface area (Å²) in [5.41, 5.74) is -0.314. The van der Waals surface area contributed by atoms with E-state index < -0.39 is 41.2 Å². The van der Waals surface area contributed by atoms with Gasteiger partial charge >= 0.3 is 5.97 Å². The number of nitrogens with zero attached hydrogens (tertiary/aromatic N) is 1. The van der Waals surface area contributed by atoms with Crippen LogP contribution >= 0.6 is 0 Å². The third kappa shape index (κ3) is 2.49. The number of hydrogen-bond acceptors (Lipinski definition) is 3. The predicted molar refractivity (Wildman–Crippen MR) is 64.2 cm³/mol. The van der Waals surface area contributed by atoms with Gasteiger partial charge in [-0.25, -0.2) is 13.6 Å². The maximum Gasteiger partial charge on any atom is 0.326 e. The van der Waals surface area contributed by atoms with Crippen LogP contribution in [0.25, 0.3) is 0 Å². The molecule has 0 aromatic heterocycles. The number of halogens is 2. The number of aliphatic carboxylic acids is 1. The van der Waals surface area contributed by atoms with Crippen LogP contribution in [0.2, 0.25) is 0 Å². The molecule has 0 spiro atoms. The number of aryl methyl sites for hydroxylation is 1. The minimum Gasteiger partial charge on any atom is -0.480 e. The second kappa shape index (κ2) is 5.16. The molecule has 108 valence electrons. The third-order valence-corrected chi connectivity index (χ3v) is 3.30. The molecule has 1 saturated heterocycles. The molecule has 1 aromatic carbocycles. The first-order valence-corrected chi connectivity index (χ1v) is 5.98. The number of aliphatic hydroxyl groups is 1.